The quantitative estimate of drug-likeness (QED) is 0.707. The zero-order chi connectivity index (χ0) is 9.52. The largest absolute Gasteiger partial charge is 0.355 e. The molecule has 0 radical (unpaired) electrons. The number of hydrogen-bond acceptors (Lipinski definition) is 3. The Morgan fingerprint density at radius 2 is 2.38 bits per heavy atom. The molecule has 1 saturated heterocycles. The zero-order valence-electron chi connectivity index (χ0n) is 7.92. The average molecular weight is 202 g/mol. The molecule has 0 spiro atoms. The minimum Gasteiger partial charge on any atom is -0.355 e. The summed E-state index contributed by atoms with van der Waals surface area (Å²) in [5.41, 5.74) is 5.29. The van der Waals surface area contributed by atoms with E-state index in [0.29, 0.717) is 24.8 Å². The highest BCUT2D eigenvalue weighted by molar-refractivity contribution is 7.99. The maximum Gasteiger partial charge on any atom is 0.221 e. The van der Waals surface area contributed by atoms with Crippen LogP contribution >= 0.6 is 11.8 Å². The molecule has 1 heterocycles. The summed E-state index contributed by atoms with van der Waals surface area (Å²) in [5.74, 6) is 1.37. The predicted octanol–water partition coefficient (Wildman–Crippen LogP) is 0.737. The van der Waals surface area contributed by atoms with Gasteiger partial charge in [-0.2, -0.15) is 11.8 Å². The number of thioether (sulfide) groups is 1. The van der Waals surface area contributed by atoms with Crippen molar-refractivity contribution in [3.05, 3.63) is 0 Å². The van der Waals surface area contributed by atoms with Gasteiger partial charge in [-0.3, -0.25) is 4.79 Å². The van der Waals surface area contributed by atoms with Crippen LogP contribution in [0.2, 0.25) is 0 Å². The van der Waals surface area contributed by atoms with Crippen molar-refractivity contribution in [3.63, 3.8) is 0 Å². The van der Waals surface area contributed by atoms with Crippen molar-refractivity contribution < 1.29 is 4.79 Å². The molecule has 0 bridgehead atoms. The second kappa shape index (κ2) is 6.27. The van der Waals surface area contributed by atoms with Crippen LogP contribution in [0.1, 0.15) is 25.7 Å². The van der Waals surface area contributed by atoms with Gasteiger partial charge in [0.15, 0.2) is 0 Å². The smallest absolute Gasteiger partial charge is 0.221 e. The highest BCUT2D eigenvalue weighted by atomic mass is 32.2. The van der Waals surface area contributed by atoms with Crippen molar-refractivity contribution in [3.8, 4) is 0 Å². The van der Waals surface area contributed by atoms with Gasteiger partial charge in [0, 0.05) is 24.8 Å². The SMILES string of the molecule is NCCNC(=O)CC1CCCCS1. The van der Waals surface area contributed by atoms with Gasteiger partial charge < -0.3 is 11.1 Å². The normalized spacial score (nSPS) is 22.7. The topological polar surface area (TPSA) is 55.1 Å². The molecule has 3 nitrogen and oxygen atoms in total. The Bertz CT molecular complexity index is 158. The number of nitrogens with one attached hydrogen (secondary N) is 1. The molecule has 0 saturated carbocycles. The molecule has 76 valence electrons. The van der Waals surface area contributed by atoms with Gasteiger partial charge >= 0.3 is 0 Å². The van der Waals surface area contributed by atoms with Crippen molar-refractivity contribution in [1.82, 2.24) is 5.32 Å². The Hall–Kier alpha value is -0.220. The molecule has 0 aromatic carbocycles. The first kappa shape index (κ1) is 10.9. The maximum absolute atomic E-state index is 11.3. The van der Waals surface area contributed by atoms with E-state index in [9.17, 15) is 4.79 Å². The lowest BCUT2D eigenvalue weighted by Gasteiger charge is -2.20. The molecule has 0 aromatic heterocycles. The van der Waals surface area contributed by atoms with Crippen LogP contribution in [0.5, 0.6) is 0 Å². The van der Waals surface area contributed by atoms with E-state index in [-0.39, 0.29) is 5.91 Å². The molecule has 1 amide bonds. The molecular weight excluding hydrogens is 184 g/mol. The molecule has 1 unspecified atom stereocenters. The first-order chi connectivity index (χ1) is 6.33. The lowest BCUT2D eigenvalue weighted by atomic mass is 10.1. The van der Waals surface area contributed by atoms with Crippen molar-refractivity contribution in [2.75, 3.05) is 18.8 Å². The van der Waals surface area contributed by atoms with Crippen LogP contribution in [0.15, 0.2) is 0 Å². The van der Waals surface area contributed by atoms with Gasteiger partial charge in [-0.25, -0.2) is 0 Å². The summed E-state index contributed by atoms with van der Waals surface area (Å²) in [6.45, 7) is 1.14. The molecule has 1 fully saturated rings. The van der Waals surface area contributed by atoms with Crippen LogP contribution in [0, 0.1) is 0 Å². The summed E-state index contributed by atoms with van der Waals surface area (Å²) < 4.78 is 0. The van der Waals surface area contributed by atoms with Crippen LogP contribution in [0.25, 0.3) is 0 Å². The van der Waals surface area contributed by atoms with Crippen LogP contribution in [-0.2, 0) is 4.79 Å². The number of carbonyl (C=O) groups is 1. The Morgan fingerprint density at radius 1 is 1.54 bits per heavy atom. The van der Waals surface area contributed by atoms with Crippen LogP contribution < -0.4 is 11.1 Å². The Kier molecular flexibility index (Phi) is 5.23. The molecule has 1 aliphatic heterocycles. The summed E-state index contributed by atoms with van der Waals surface area (Å²) in [4.78, 5) is 11.3. The molecule has 1 atom stereocenters. The van der Waals surface area contributed by atoms with Gasteiger partial charge in [-0.05, 0) is 18.6 Å². The van der Waals surface area contributed by atoms with E-state index in [1.807, 2.05) is 11.8 Å². The molecule has 1 rings (SSSR count). The summed E-state index contributed by atoms with van der Waals surface area (Å²) in [6, 6.07) is 0. The molecule has 13 heavy (non-hydrogen) atoms. The minimum atomic E-state index is 0.157. The molecule has 3 N–H and O–H groups in total. The van der Waals surface area contributed by atoms with Gasteiger partial charge in [-0.1, -0.05) is 6.42 Å². The second-order valence-electron chi connectivity index (χ2n) is 3.33. The van der Waals surface area contributed by atoms with E-state index in [4.69, 9.17) is 5.73 Å². The molecule has 1 aliphatic rings. The first-order valence-corrected chi connectivity index (χ1v) is 5.96. The van der Waals surface area contributed by atoms with Crippen LogP contribution in [0.4, 0.5) is 0 Å². The van der Waals surface area contributed by atoms with Gasteiger partial charge in [0.05, 0.1) is 0 Å². The maximum atomic E-state index is 11.3. The standard InChI is InChI=1S/C9H18N2OS/c10-4-5-11-9(12)7-8-3-1-2-6-13-8/h8H,1-7,10H2,(H,11,12). The fourth-order valence-electron chi connectivity index (χ4n) is 1.46. The third kappa shape index (κ3) is 4.52. The van der Waals surface area contributed by atoms with E-state index >= 15 is 0 Å². The summed E-state index contributed by atoms with van der Waals surface area (Å²) in [5, 5.41) is 3.35. The van der Waals surface area contributed by atoms with Gasteiger partial charge in [0.2, 0.25) is 5.91 Å². The number of amides is 1. The minimum absolute atomic E-state index is 0.157. The lowest BCUT2D eigenvalue weighted by molar-refractivity contribution is -0.121. The fourth-order valence-corrected chi connectivity index (χ4v) is 2.77. The van der Waals surface area contributed by atoms with Gasteiger partial charge in [0.1, 0.15) is 0 Å². The van der Waals surface area contributed by atoms with Crippen molar-refractivity contribution in [2.45, 2.75) is 30.9 Å². The van der Waals surface area contributed by atoms with Gasteiger partial charge in [0.25, 0.3) is 0 Å². The van der Waals surface area contributed by atoms with Crippen molar-refractivity contribution in [1.29, 1.82) is 0 Å². The lowest BCUT2D eigenvalue weighted by Crippen LogP contribution is -2.31. The van der Waals surface area contributed by atoms with E-state index in [2.05, 4.69) is 5.32 Å². The van der Waals surface area contributed by atoms with Crippen molar-refractivity contribution >= 4 is 17.7 Å². The third-order valence-electron chi connectivity index (χ3n) is 2.15. The summed E-state index contributed by atoms with van der Waals surface area (Å²) >= 11 is 1.93. The first-order valence-electron chi connectivity index (χ1n) is 4.91. The zero-order valence-corrected chi connectivity index (χ0v) is 8.74. The molecule has 0 aliphatic carbocycles. The highest BCUT2D eigenvalue weighted by Gasteiger charge is 2.16. The number of hydrogen-bond donors (Lipinski definition) is 2. The number of nitrogens with two attached hydrogens (primary N) is 1. The van der Waals surface area contributed by atoms with E-state index in [0.717, 1.165) is 0 Å². The van der Waals surface area contributed by atoms with Gasteiger partial charge in [-0.15, -0.1) is 0 Å². The van der Waals surface area contributed by atoms with Crippen LogP contribution in [0.3, 0.4) is 0 Å². The summed E-state index contributed by atoms with van der Waals surface area (Å²) in [6.07, 6.45) is 4.46. The Morgan fingerprint density at radius 3 is 3.00 bits per heavy atom. The second-order valence-corrected chi connectivity index (χ2v) is 4.74. The third-order valence-corrected chi connectivity index (χ3v) is 3.55. The summed E-state index contributed by atoms with van der Waals surface area (Å²) in [7, 11) is 0. The highest BCUT2D eigenvalue weighted by Crippen LogP contribution is 2.27. The predicted molar refractivity (Wildman–Crippen MR) is 56.8 cm³/mol. The van der Waals surface area contributed by atoms with Crippen LogP contribution in [-0.4, -0.2) is 30.0 Å². The van der Waals surface area contributed by atoms with Crippen molar-refractivity contribution in [2.24, 2.45) is 5.73 Å². The Labute approximate surface area is 83.8 Å². The van der Waals surface area contributed by atoms with E-state index in [1.54, 1.807) is 0 Å². The number of rotatable bonds is 4. The monoisotopic (exact) mass is 202 g/mol. The van der Waals surface area contributed by atoms with E-state index in [1.165, 1.54) is 25.0 Å². The average Bonchev–Trinajstić information content (AvgIpc) is 2.16. The molecule has 0 aromatic rings. The molecule has 4 heteroatoms. The number of carbonyl (C=O) groups excluding carboxylic acids is 1. The fraction of sp³-hybridized carbons (Fsp3) is 0.889. The molecular formula is C9H18N2OS. The van der Waals surface area contributed by atoms with E-state index < -0.39 is 0 Å². The Balaban J connectivity index is 2.11.